The van der Waals surface area contributed by atoms with Crippen LogP contribution in [0.15, 0.2) is 47.3 Å². The fourth-order valence-corrected chi connectivity index (χ4v) is 6.03. The topological polar surface area (TPSA) is 26.9 Å². The molecule has 2 aliphatic carbocycles. The first kappa shape index (κ1) is 21.9. The average Bonchev–Trinajstić information content (AvgIpc) is 3.20. The summed E-state index contributed by atoms with van der Waals surface area (Å²) in [5.41, 5.74) is -1.04. The van der Waals surface area contributed by atoms with E-state index in [2.05, 4.69) is 13.8 Å². The number of aromatic nitrogens is 2. The van der Waals surface area contributed by atoms with Crippen LogP contribution in [0.2, 0.25) is 0 Å². The molecule has 0 amide bonds. The normalized spacial score (nSPS) is 23.2. The molecule has 174 valence electrons. The van der Waals surface area contributed by atoms with Gasteiger partial charge in [0.2, 0.25) is 0 Å². The highest BCUT2D eigenvalue weighted by Gasteiger charge is 2.63. The third-order valence-electron chi connectivity index (χ3n) is 8.06. The molecular formula is C25H23F5N2O. The lowest BCUT2D eigenvalue weighted by molar-refractivity contribution is -0.138. The van der Waals surface area contributed by atoms with E-state index in [4.69, 9.17) is 0 Å². The Labute approximate surface area is 187 Å². The molecule has 33 heavy (non-hydrogen) atoms. The van der Waals surface area contributed by atoms with E-state index >= 15 is 0 Å². The summed E-state index contributed by atoms with van der Waals surface area (Å²) in [6, 6.07) is 8.05. The number of rotatable bonds is 3. The van der Waals surface area contributed by atoms with Gasteiger partial charge in [0.1, 0.15) is 11.5 Å². The maximum atomic E-state index is 14.8. The monoisotopic (exact) mass is 462 g/mol. The van der Waals surface area contributed by atoms with E-state index < -0.39 is 34.3 Å². The van der Waals surface area contributed by atoms with Crippen molar-refractivity contribution in [2.24, 2.45) is 5.41 Å². The standard InChI is InChI=1S/C25H23F5N2O/c1-23(2)17-10-11-24(23,3)21-20(17)22(33)32(19-9-8-15(26)12-18(19)27)31(21)13-14-6-4-5-7-16(14)25(28,29)30/h4-9,12,17H,10-11,13H2,1-3H3/t17-,24+/m1/s1. The summed E-state index contributed by atoms with van der Waals surface area (Å²) in [5, 5.41) is 0. The number of halogens is 5. The molecule has 2 atom stereocenters. The molecule has 2 aliphatic rings. The van der Waals surface area contributed by atoms with E-state index in [-0.39, 0.29) is 29.1 Å². The van der Waals surface area contributed by atoms with Crippen LogP contribution in [0.3, 0.4) is 0 Å². The van der Waals surface area contributed by atoms with Crippen molar-refractivity contribution in [3.8, 4) is 5.69 Å². The Hall–Kier alpha value is -2.90. The Kier molecular flexibility index (Phi) is 4.52. The smallest absolute Gasteiger partial charge is 0.277 e. The van der Waals surface area contributed by atoms with Crippen molar-refractivity contribution in [3.63, 3.8) is 0 Å². The second kappa shape index (κ2) is 6.81. The Balaban J connectivity index is 1.81. The van der Waals surface area contributed by atoms with Crippen LogP contribution in [0, 0.1) is 17.0 Å². The largest absolute Gasteiger partial charge is 0.416 e. The number of nitrogens with zero attached hydrogens (tertiary/aromatic N) is 2. The highest BCUT2D eigenvalue weighted by atomic mass is 19.4. The minimum absolute atomic E-state index is 0.0248. The van der Waals surface area contributed by atoms with Crippen LogP contribution >= 0.6 is 0 Å². The van der Waals surface area contributed by atoms with E-state index in [0.29, 0.717) is 17.3 Å². The number of benzene rings is 2. The molecule has 8 heteroatoms. The van der Waals surface area contributed by atoms with Gasteiger partial charge in [-0.2, -0.15) is 13.2 Å². The highest BCUT2D eigenvalue weighted by Crippen LogP contribution is 2.67. The van der Waals surface area contributed by atoms with Crippen molar-refractivity contribution in [1.82, 2.24) is 9.36 Å². The van der Waals surface area contributed by atoms with Crippen molar-refractivity contribution in [2.45, 2.75) is 57.7 Å². The number of hydrogen-bond donors (Lipinski definition) is 0. The lowest BCUT2D eigenvalue weighted by Crippen LogP contribution is -2.36. The van der Waals surface area contributed by atoms with Crippen molar-refractivity contribution in [2.75, 3.05) is 0 Å². The van der Waals surface area contributed by atoms with Crippen molar-refractivity contribution >= 4 is 0 Å². The minimum atomic E-state index is -4.58. The van der Waals surface area contributed by atoms with Gasteiger partial charge in [0.05, 0.1) is 17.8 Å². The third-order valence-corrected chi connectivity index (χ3v) is 8.06. The van der Waals surface area contributed by atoms with Gasteiger partial charge >= 0.3 is 6.18 Å². The maximum Gasteiger partial charge on any atom is 0.416 e. The van der Waals surface area contributed by atoms with Crippen LogP contribution in [-0.4, -0.2) is 9.36 Å². The summed E-state index contributed by atoms with van der Waals surface area (Å²) in [6.45, 7) is 5.90. The molecule has 0 saturated heterocycles. The maximum absolute atomic E-state index is 14.8. The number of alkyl halides is 3. The molecule has 0 radical (unpaired) electrons. The van der Waals surface area contributed by atoms with Gasteiger partial charge in [-0.05, 0) is 47.9 Å². The third kappa shape index (κ3) is 2.88. The molecule has 1 fully saturated rings. The van der Waals surface area contributed by atoms with Gasteiger partial charge in [0, 0.05) is 17.0 Å². The van der Waals surface area contributed by atoms with Crippen LogP contribution < -0.4 is 5.56 Å². The Morgan fingerprint density at radius 2 is 1.76 bits per heavy atom. The zero-order valence-corrected chi connectivity index (χ0v) is 18.4. The molecule has 2 bridgehead atoms. The Morgan fingerprint density at radius 3 is 2.42 bits per heavy atom. The van der Waals surface area contributed by atoms with E-state index in [1.807, 2.05) is 6.92 Å². The van der Waals surface area contributed by atoms with E-state index in [0.717, 1.165) is 35.7 Å². The molecule has 0 spiro atoms. The van der Waals surface area contributed by atoms with E-state index in [1.54, 1.807) is 0 Å². The van der Waals surface area contributed by atoms with Gasteiger partial charge in [-0.3, -0.25) is 9.48 Å². The summed E-state index contributed by atoms with van der Waals surface area (Å²) in [5.74, 6) is -1.83. The molecular weight excluding hydrogens is 439 g/mol. The first-order valence-corrected chi connectivity index (χ1v) is 10.8. The van der Waals surface area contributed by atoms with E-state index in [9.17, 15) is 26.7 Å². The lowest BCUT2D eigenvalue weighted by Gasteiger charge is -2.36. The quantitative estimate of drug-likeness (QED) is 0.429. The van der Waals surface area contributed by atoms with Gasteiger partial charge in [-0.1, -0.05) is 39.0 Å². The molecule has 0 aliphatic heterocycles. The highest BCUT2D eigenvalue weighted by molar-refractivity contribution is 5.48. The summed E-state index contributed by atoms with van der Waals surface area (Å²) >= 11 is 0. The van der Waals surface area contributed by atoms with Gasteiger partial charge in [-0.25, -0.2) is 13.5 Å². The summed E-state index contributed by atoms with van der Waals surface area (Å²) in [6.07, 6.45) is -3.03. The van der Waals surface area contributed by atoms with Gasteiger partial charge in [0.15, 0.2) is 5.82 Å². The molecule has 5 rings (SSSR count). The van der Waals surface area contributed by atoms with Gasteiger partial charge in [0.25, 0.3) is 5.56 Å². The summed E-state index contributed by atoms with van der Waals surface area (Å²) in [7, 11) is 0. The Morgan fingerprint density at radius 1 is 1.06 bits per heavy atom. The van der Waals surface area contributed by atoms with Crippen LogP contribution in [0.5, 0.6) is 0 Å². The van der Waals surface area contributed by atoms with Crippen molar-refractivity contribution in [3.05, 3.63) is 86.8 Å². The molecule has 3 aromatic rings. The van der Waals surface area contributed by atoms with Crippen LogP contribution in [-0.2, 0) is 18.1 Å². The lowest BCUT2D eigenvalue weighted by atomic mass is 9.70. The second-order valence-corrected chi connectivity index (χ2v) is 9.83. The molecule has 3 nitrogen and oxygen atoms in total. The second-order valence-electron chi connectivity index (χ2n) is 9.83. The molecule has 0 N–H and O–H groups in total. The van der Waals surface area contributed by atoms with E-state index in [1.165, 1.54) is 22.9 Å². The zero-order chi connectivity index (χ0) is 23.9. The number of hydrogen-bond acceptors (Lipinski definition) is 1. The summed E-state index contributed by atoms with van der Waals surface area (Å²) < 4.78 is 72.2. The molecule has 1 heterocycles. The molecule has 2 aromatic carbocycles. The average molecular weight is 462 g/mol. The van der Waals surface area contributed by atoms with Gasteiger partial charge < -0.3 is 0 Å². The number of fused-ring (bicyclic) bond motifs is 5. The molecule has 1 saturated carbocycles. The van der Waals surface area contributed by atoms with Gasteiger partial charge in [-0.15, -0.1) is 0 Å². The first-order valence-electron chi connectivity index (χ1n) is 10.8. The fourth-order valence-electron chi connectivity index (χ4n) is 6.03. The fraction of sp³-hybridized carbons (Fsp3) is 0.400. The zero-order valence-electron chi connectivity index (χ0n) is 18.4. The Bertz CT molecular complexity index is 1330. The summed E-state index contributed by atoms with van der Waals surface area (Å²) in [4.78, 5) is 13.7. The van der Waals surface area contributed by atoms with Crippen molar-refractivity contribution < 1.29 is 22.0 Å². The SMILES string of the molecule is CC1(C)[C@@H]2CC[C@@]1(C)c1c2c(=O)n(-c2ccc(F)cc2F)n1Cc1ccccc1C(F)(F)F. The first-order chi connectivity index (χ1) is 15.4. The van der Waals surface area contributed by atoms with Crippen LogP contribution in [0.25, 0.3) is 5.69 Å². The minimum Gasteiger partial charge on any atom is -0.277 e. The van der Waals surface area contributed by atoms with Crippen LogP contribution in [0.1, 0.15) is 61.9 Å². The predicted molar refractivity (Wildman–Crippen MR) is 114 cm³/mol. The molecule has 0 unspecified atom stereocenters. The predicted octanol–water partition coefficient (Wildman–Crippen LogP) is 6.16. The molecule has 1 aromatic heterocycles. The van der Waals surface area contributed by atoms with Crippen LogP contribution in [0.4, 0.5) is 22.0 Å². The van der Waals surface area contributed by atoms with Crippen molar-refractivity contribution in [1.29, 1.82) is 0 Å².